The van der Waals surface area contributed by atoms with Gasteiger partial charge < -0.3 is 34.7 Å². The molecule has 0 amide bonds. The summed E-state index contributed by atoms with van der Waals surface area (Å²) >= 11 is 3.27. The topological polar surface area (TPSA) is 71.6 Å². The molecule has 2 aromatic rings. The zero-order chi connectivity index (χ0) is 22.6. The molecule has 6 nitrogen and oxygen atoms in total. The largest absolute Gasteiger partial charge is 0.424 e. The van der Waals surface area contributed by atoms with E-state index in [1.165, 1.54) is 16.5 Å². The number of aromatic amines is 1. The van der Waals surface area contributed by atoms with E-state index in [2.05, 4.69) is 77.3 Å². The van der Waals surface area contributed by atoms with E-state index in [0.29, 0.717) is 13.2 Å². The fourth-order valence-corrected chi connectivity index (χ4v) is 2.49. The van der Waals surface area contributed by atoms with Gasteiger partial charge in [-0.3, -0.25) is 0 Å². The Balaban J connectivity index is 0. The van der Waals surface area contributed by atoms with E-state index in [1.807, 2.05) is 0 Å². The number of benzene rings is 1. The van der Waals surface area contributed by atoms with Crippen molar-refractivity contribution < 1.29 is 50.6 Å². The van der Waals surface area contributed by atoms with E-state index >= 15 is 0 Å². The molecule has 1 aromatic carbocycles. The van der Waals surface area contributed by atoms with Crippen LogP contribution in [-0.2, 0) is 67.7 Å². The SMILES string of the molecule is CC[S-](=O)=O.CN(C)CCc1c[nH]c2ccccc12.[CH2-]CCCOCCOCCBr.[Y]. The second-order valence-electron chi connectivity index (χ2n) is 6.63. The number of hydrogen-bond donors (Lipinski definition) is 1. The first-order valence-electron chi connectivity index (χ1n) is 10.2. The van der Waals surface area contributed by atoms with Crippen LogP contribution in [0.3, 0.4) is 0 Å². The van der Waals surface area contributed by atoms with Gasteiger partial charge in [-0.15, -0.1) is 0 Å². The smallest absolute Gasteiger partial charge is 0.0700 e. The molecule has 1 aromatic heterocycles. The summed E-state index contributed by atoms with van der Waals surface area (Å²) in [5, 5.41) is 2.25. The van der Waals surface area contributed by atoms with Gasteiger partial charge in [-0.2, -0.15) is 6.42 Å². The van der Waals surface area contributed by atoms with Crippen molar-refractivity contribution in [3.8, 4) is 0 Å². The van der Waals surface area contributed by atoms with Crippen LogP contribution >= 0.6 is 15.9 Å². The minimum Gasteiger partial charge on any atom is -0.424 e. The third-order valence-electron chi connectivity index (χ3n) is 3.87. The first-order chi connectivity index (χ1) is 14.5. The Labute approximate surface area is 223 Å². The van der Waals surface area contributed by atoms with Gasteiger partial charge in [-0.05, 0) is 32.1 Å². The number of halogens is 1. The predicted octanol–water partition coefficient (Wildman–Crippen LogP) is 4.61. The fraction of sp³-hybridized carbons (Fsp3) is 0.591. The van der Waals surface area contributed by atoms with Crippen LogP contribution in [0.1, 0.15) is 25.3 Å². The predicted molar refractivity (Wildman–Crippen MR) is 130 cm³/mol. The van der Waals surface area contributed by atoms with Crippen molar-refractivity contribution in [1.82, 2.24) is 9.88 Å². The van der Waals surface area contributed by atoms with Crippen LogP contribution in [0.15, 0.2) is 30.5 Å². The number of unbranched alkanes of at least 4 members (excludes halogenated alkanes) is 1. The number of hydrogen-bond acceptors (Lipinski definition) is 6. The summed E-state index contributed by atoms with van der Waals surface area (Å²) in [6.07, 6.45) is 5.21. The van der Waals surface area contributed by atoms with Crippen molar-refractivity contribution in [3.63, 3.8) is 0 Å². The summed E-state index contributed by atoms with van der Waals surface area (Å²) in [5.74, 6) is 0.222. The Kier molecular flexibility index (Phi) is 25.1. The molecule has 0 atom stereocenters. The zero-order valence-electron chi connectivity index (χ0n) is 19.1. The van der Waals surface area contributed by atoms with E-state index in [1.54, 1.807) is 6.92 Å². The molecular weight excluding hydrogens is 557 g/mol. The van der Waals surface area contributed by atoms with Gasteiger partial charge in [-0.1, -0.05) is 63.9 Å². The molecular formula is C22H37BrN2O4SY-2. The third-order valence-corrected chi connectivity index (χ3v) is 4.67. The van der Waals surface area contributed by atoms with Gasteiger partial charge in [0.05, 0.1) is 19.8 Å². The van der Waals surface area contributed by atoms with Crippen molar-refractivity contribution in [2.75, 3.05) is 58.2 Å². The van der Waals surface area contributed by atoms with Gasteiger partial charge in [0.1, 0.15) is 0 Å². The molecule has 0 fully saturated rings. The van der Waals surface area contributed by atoms with Crippen LogP contribution in [-0.4, -0.2) is 68.0 Å². The molecule has 0 saturated carbocycles. The van der Waals surface area contributed by atoms with E-state index < -0.39 is 10.7 Å². The monoisotopic (exact) mass is 593 g/mol. The van der Waals surface area contributed by atoms with Gasteiger partial charge in [0, 0.05) is 68.3 Å². The standard InChI is InChI=1S/C12H16N2.C8H16BrO2.C2H5O2S.Y/c1-14(2)8-7-10-9-13-12-6-4-3-5-11(10)12;1-2-3-5-10-7-8-11-6-4-9;1-2-5(3)4;/h3-6,9,13H,7-8H2,1-2H3;1-8H2;2H2,1H3;/q;2*-1;. The average molecular weight is 594 g/mol. The number of fused-ring (bicyclic) bond motifs is 1. The van der Waals surface area contributed by atoms with Crippen LogP contribution in [0.2, 0.25) is 0 Å². The molecule has 177 valence electrons. The maximum Gasteiger partial charge on any atom is 0.0700 e. The maximum atomic E-state index is 9.37. The Hall–Kier alpha value is 0.174. The van der Waals surface area contributed by atoms with Crippen molar-refractivity contribution >= 4 is 37.5 Å². The molecule has 31 heavy (non-hydrogen) atoms. The fourth-order valence-electron chi connectivity index (χ4n) is 2.26. The Morgan fingerprint density at radius 2 is 1.71 bits per heavy atom. The van der Waals surface area contributed by atoms with E-state index in [9.17, 15) is 8.42 Å². The minimum absolute atomic E-state index is 0. The molecule has 1 N–H and O–H groups in total. The zero-order valence-corrected chi connectivity index (χ0v) is 24.3. The average Bonchev–Trinajstić information content (AvgIpc) is 3.16. The summed E-state index contributed by atoms with van der Waals surface area (Å²) in [6, 6.07) is 8.45. The number of alkyl halides is 1. The normalized spacial score (nSPS) is 10.3. The van der Waals surface area contributed by atoms with Crippen LogP contribution in [0.4, 0.5) is 0 Å². The van der Waals surface area contributed by atoms with Crippen LogP contribution in [0.25, 0.3) is 10.9 Å². The van der Waals surface area contributed by atoms with Gasteiger partial charge in [0.15, 0.2) is 0 Å². The molecule has 0 saturated heterocycles. The summed E-state index contributed by atoms with van der Waals surface area (Å²) < 4.78 is 29.2. The van der Waals surface area contributed by atoms with Crippen LogP contribution in [0.5, 0.6) is 0 Å². The maximum absolute atomic E-state index is 9.37. The Morgan fingerprint density at radius 1 is 1.10 bits per heavy atom. The number of likely N-dealkylation sites (N-methyl/N-ethyl adjacent to an activating group) is 1. The summed E-state index contributed by atoms with van der Waals surface area (Å²) in [6.45, 7) is 9.37. The van der Waals surface area contributed by atoms with E-state index in [-0.39, 0.29) is 38.5 Å². The second kappa shape index (κ2) is 23.3. The van der Waals surface area contributed by atoms with Crippen molar-refractivity contribution in [3.05, 3.63) is 42.9 Å². The first-order valence-corrected chi connectivity index (χ1v) is 12.6. The van der Waals surface area contributed by atoms with Gasteiger partial charge in [0.25, 0.3) is 0 Å². The number of para-hydroxylation sites is 1. The molecule has 9 heteroatoms. The molecule has 2 rings (SSSR count). The Morgan fingerprint density at radius 3 is 2.26 bits per heavy atom. The minimum atomic E-state index is -1.82. The molecule has 1 heterocycles. The molecule has 0 unspecified atom stereocenters. The molecule has 0 aliphatic heterocycles. The van der Waals surface area contributed by atoms with E-state index in [0.717, 1.165) is 44.4 Å². The van der Waals surface area contributed by atoms with Gasteiger partial charge >= 0.3 is 0 Å². The quantitative estimate of drug-likeness (QED) is 0.168. The Bertz CT molecular complexity index is 710. The van der Waals surface area contributed by atoms with Crippen molar-refractivity contribution in [1.29, 1.82) is 0 Å². The number of ether oxygens (including phenoxy) is 2. The number of aromatic nitrogens is 1. The van der Waals surface area contributed by atoms with Gasteiger partial charge in [-0.25, -0.2) is 0 Å². The second-order valence-corrected chi connectivity index (χ2v) is 8.60. The summed E-state index contributed by atoms with van der Waals surface area (Å²) in [4.78, 5) is 5.50. The summed E-state index contributed by atoms with van der Waals surface area (Å²) in [7, 11) is 2.39. The van der Waals surface area contributed by atoms with Crippen LogP contribution in [0, 0.1) is 6.92 Å². The molecule has 0 bridgehead atoms. The number of rotatable bonds is 12. The van der Waals surface area contributed by atoms with Crippen LogP contribution < -0.4 is 0 Å². The van der Waals surface area contributed by atoms with Crippen molar-refractivity contribution in [2.24, 2.45) is 0 Å². The summed E-state index contributed by atoms with van der Waals surface area (Å²) in [5.41, 5.74) is 2.65. The molecule has 0 spiro atoms. The number of H-pyrrole nitrogens is 1. The molecule has 0 aliphatic rings. The van der Waals surface area contributed by atoms with E-state index in [4.69, 9.17) is 9.47 Å². The molecule has 0 aliphatic carbocycles. The van der Waals surface area contributed by atoms with Crippen molar-refractivity contribution in [2.45, 2.75) is 26.2 Å². The first kappa shape index (κ1) is 33.3. The number of nitrogens with one attached hydrogen (secondary N) is 1. The third kappa shape index (κ3) is 19.4. The number of nitrogens with zero attached hydrogens (tertiary/aromatic N) is 1. The molecule has 1 radical (unpaired) electrons. The van der Waals surface area contributed by atoms with Gasteiger partial charge in [0.2, 0.25) is 0 Å².